The van der Waals surface area contributed by atoms with E-state index in [1.807, 2.05) is 12.1 Å². The van der Waals surface area contributed by atoms with E-state index in [4.69, 9.17) is 4.74 Å². The van der Waals surface area contributed by atoms with E-state index in [-0.39, 0.29) is 0 Å². The van der Waals surface area contributed by atoms with Crippen molar-refractivity contribution in [2.75, 3.05) is 0 Å². The fourth-order valence-electron chi connectivity index (χ4n) is 2.12. The zero-order valence-corrected chi connectivity index (χ0v) is 11.2. The molecule has 0 saturated carbocycles. The van der Waals surface area contributed by atoms with Crippen LogP contribution in [0.5, 0.6) is 0 Å². The molecule has 102 valence electrons. The maximum atomic E-state index is 12.0. The third-order valence-corrected chi connectivity index (χ3v) is 3.04. The van der Waals surface area contributed by atoms with Crippen LogP contribution in [0.2, 0.25) is 0 Å². The Labute approximate surface area is 118 Å². The van der Waals surface area contributed by atoms with Crippen LogP contribution >= 0.6 is 0 Å². The minimum absolute atomic E-state index is 0.580. The highest BCUT2D eigenvalue weighted by Crippen LogP contribution is 2.34. The number of carboxylic acid groups (broad SMARTS) is 1. The molecule has 3 nitrogen and oxygen atoms in total. The second-order valence-electron chi connectivity index (χ2n) is 4.31. The molecule has 0 fully saturated rings. The van der Waals surface area contributed by atoms with E-state index in [0.717, 1.165) is 0 Å². The van der Waals surface area contributed by atoms with Gasteiger partial charge in [0.15, 0.2) is 0 Å². The first kappa shape index (κ1) is 13.9. The van der Waals surface area contributed by atoms with Gasteiger partial charge in [-0.25, -0.2) is 4.79 Å². The van der Waals surface area contributed by atoms with Gasteiger partial charge in [0, 0.05) is 11.1 Å². The number of rotatable bonds is 5. The van der Waals surface area contributed by atoms with Crippen LogP contribution in [0.4, 0.5) is 0 Å². The van der Waals surface area contributed by atoms with Crippen LogP contribution in [0.1, 0.15) is 18.1 Å². The second kappa shape index (κ2) is 6.06. The number of carboxylic acids is 1. The first-order valence-electron chi connectivity index (χ1n) is 6.35. The van der Waals surface area contributed by atoms with Crippen molar-refractivity contribution in [1.82, 2.24) is 0 Å². The topological polar surface area (TPSA) is 46.5 Å². The van der Waals surface area contributed by atoms with Crippen LogP contribution in [0, 0.1) is 0 Å². The summed E-state index contributed by atoms with van der Waals surface area (Å²) in [7, 11) is 0. The summed E-state index contributed by atoms with van der Waals surface area (Å²) in [4.78, 5) is 12.0. The van der Waals surface area contributed by atoms with Gasteiger partial charge >= 0.3 is 5.97 Å². The van der Waals surface area contributed by atoms with E-state index < -0.39 is 11.6 Å². The molecular weight excluding hydrogens is 252 g/mol. The monoisotopic (exact) mass is 268 g/mol. The lowest BCUT2D eigenvalue weighted by atomic mass is 9.86. The lowest BCUT2D eigenvalue weighted by Crippen LogP contribution is -2.38. The van der Waals surface area contributed by atoms with Crippen LogP contribution in [0.25, 0.3) is 0 Å². The summed E-state index contributed by atoms with van der Waals surface area (Å²) < 4.78 is 5.63. The summed E-state index contributed by atoms with van der Waals surface area (Å²) in [5, 5.41) is 9.80. The number of carbonyl (C=O) groups is 1. The molecule has 0 aliphatic carbocycles. The first-order chi connectivity index (χ1) is 9.71. The highest BCUT2D eigenvalue weighted by atomic mass is 16.5. The van der Waals surface area contributed by atoms with Crippen LogP contribution < -0.4 is 0 Å². The highest BCUT2D eigenvalue weighted by Gasteiger charge is 2.44. The Morgan fingerprint density at radius 1 is 1.00 bits per heavy atom. The first-order valence-corrected chi connectivity index (χ1v) is 6.35. The van der Waals surface area contributed by atoms with E-state index in [0.29, 0.717) is 11.1 Å². The molecular formula is C17H16O3. The molecule has 0 atom stereocenters. The van der Waals surface area contributed by atoms with Crippen molar-refractivity contribution in [2.45, 2.75) is 12.5 Å². The Bertz CT molecular complexity index is 549. The molecule has 0 aliphatic heterocycles. The van der Waals surface area contributed by atoms with Crippen LogP contribution in [0.15, 0.2) is 73.0 Å². The van der Waals surface area contributed by atoms with Crippen LogP contribution in [0.3, 0.4) is 0 Å². The Balaban J connectivity index is 2.66. The number of allylic oxidation sites excluding steroid dienone is 1. The minimum Gasteiger partial charge on any atom is -0.478 e. The zero-order valence-electron chi connectivity index (χ0n) is 11.2. The summed E-state index contributed by atoms with van der Waals surface area (Å²) in [5.41, 5.74) is -0.372. The molecule has 0 spiro atoms. The lowest BCUT2D eigenvalue weighted by molar-refractivity contribution is -0.155. The Morgan fingerprint density at radius 2 is 1.45 bits per heavy atom. The third-order valence-electron chi connectivity index (χ3n) is 3.04. The highest BCUT2D eigenvalue weighted by molar-refractivity contribution is 5.84. The van der Waals surface area contributed by atoms with Crippen molar-refractivity contribution in [3.05, 3.63) is 84.1 Å². The summed E-state index contributed by atoms with van der Waals surface area (Å²) in [5.74, 6) is -1.05. The molecule has 3 heteroatoms. The summed E-state index contributed by atoms with van der Waals surface area (Å²) in [6.45, 7) is 1.78. The van der Waals surface area contributed by atoms with Gasteiger partial charge in [-0.15, -0.1) is 0 Å². The van der Waals surface area contributed by atoms with Gasteiger partial charge in [-0.05, 0) is 6.92 Å². The van der Waals surface area contributed by atoms with Gasteiger partial charge in [-0.1, -0.05) is 66.7 Å². The summed E-state index contributed by atoms with van der Waals surface area (Å²) in [6, 6.07) is 17.9. The number of hydrogen-bond donors (Lipinski definition) is 1. The zero-order chi connectivity index (χ0) is 14.4. The molecule has 0 amide bonds. The quantitative estimate of drug-likeness (QED) is 0.843. The van der Waals surface area contributed by atoms with Gasteiger partial charge in [0.1, 0.15) is 0 Å². The predicted octanol–water partition coefficient (Wildman–Crippen LogP) is 3.57. The Hall–Kier alpha value is -2.55. The molecule has 2 aromatic rings. The van der Waals surface area contributed by atoms with E-state index in [1.165, 1.54) is 6.26 Å². The molecule has 0 unspecified atom stereocenters. The predicted molar refractivity (Wildman–Crippen MR) is 77.2 cm³/mol. The van der Waals surface area contributed by atoms with Crippen molar-refractivity contribution in [2.24, 2.45) is 0 Å². The second-order valence-corrected chi connectivity index (χ2v) is 4.31. The van der Waals surface area contributed by atoms with Gasteiger partial charge in [-0.2, -0.15) is 0 Å². The van der Waals surface area contributed by atoms with Crippen molar-refractivity contribution in [3.63, 3.8) is 0 Å². The number of benzene rings is 2. The van der Waals surface area contributed by atoms with Crippen LogP contribution in [-0.2, 0) is 15.1 Å². The molecule has 0 aliphatic rings. The van der Waals surface area contributed by atoms with Crippen molar-refractivity contribution in [3.8, 4) is 0 Å². The van der Waals surface area contributed by atoms with Crippen molar-refractivity contribution in [1.29, 1.82) is 0 Å². The smallest absolute Gasteiger partial charge is 0.357 e. The molecule has 0 bridgehead atoms. The van der Waals surface area contributed by atoms with Gasteiger partial charge < -0.3 is 9.84 Å². The van der Waals surface area contributed by atoms with E-state index in [2.05, 4.69) is 0 Å². The van der Waals surface area contributed by atoms with Crippen molar-refractivity contribution < 1.29 is 14.6 Å². The average Bonchev–Trinajstić information content (AvgIpc) is 2.50. The van der Waals surface area contributed by atoms with Gasteiger partial charge in [0.2, 0.25) is 0 Å². The van der Waals surface area contributed by atoms with Gasteiger partial charge in [0.05, 0.1) is 6.26 Å². The van der Waals surface area contributed by atoms with Gasteiger partial charge in [0.25, 0.3) is 5.60 Å². The fourth-order valence-corrected chi connectivity index (χ4v) is 2.12. The molecule has 20 heavy (non-hydrogen) atoms. The largest absolute Gasteiger partial charge is 0.478 e. The van der Waals surface area contributed by atoms with E-state index in [9.17, 15) is 9.90 Å². The minimum atomic E-state index is -1.53. The maximum Gasteiger partial charge on any atom is 0.357 e. The van der Waals surface area contributed by atoms with Gasteiger partial charge in [-0.3, -0.25) is 0 Å². The molecule has 0 radical (unpaired) electrons. The molecule has 1 N–H and O–H groups in total. The fraction of sp³-hybridized carbons (Fsp3) is 0.118. The SMILES string of the molecule is CC=COC(C(=O)O)(c1ccccc1)c1ccccc1. The molecule has 2 rings (SSSR count). The average molecular weight is 268 g/mol. The van der Waals surface area contributed by atoms with E-state index in [1.54, 1.807) is 61.5 Å². The normalized spacial score (nSPS) is 11.4. The molecule has 0 heterocycles. The number of aliphatic carboxylic acids is 1. The molecule has 0 aromatic heterocycles. The molecule has 2 aromatic carbocycles. The summed E-state index contributed by atoms with van der Waals surface area (Å²) >= 11 is 0. The summed E-state index contributed by atoms with van der Waals surface area (Å²) in [6.07, 6.45) is 3.08. The van der Waals surface area contributed by atoms with E-state index >= 15 is 0 Å². The Kier molecular flexibility index (Phi) is 4.20. The van der Waals surface area contributed by atoms with Crippen molar-refractivity contribution >= 4 is 5.97 Å². The molecule has 0 saturated heterocycles. The maximum absolute atomic E-state index is 12.0. The third kappa shape index (κ3) is 2.43. The Morgan fingerprint density at radius 3 is 1.80 bits per heavy atom. The standard InChI is InChI=1S/C17H16O3/c1-2-13-20-17(16(18)19,14-9-5-3-6-10-14)15-11-7-4-8-12-15/h2-13H,1H3,(H,18,19). The number of ether oxygens (including phenoxy) is 1. The van der Waals surface area contributed by atoms with Crippen LogP contribution in [-0.4, -0.2) is 11.1 Å². The lowest BCUT2D eigenvalue weighted by Gasteiger charge is -2.29. The number of hydrogen-bond acceptors (Lipinski definition) is 2.